The van der Waals surface area contributed by atoms with Crippen LogP contribution in [0.4, 0.5) is 24.5 Å². The van der Waals surface area contributed by atoms with Gasteiger partial charge in [-0.05, 0) is 62.2 Å². The maximum atomic E-state index is 13.8. The highest BCUT2D eigenvalue weighted by Gasteiger charge is 2.35. The number of nitrogens with zero attached hydrogens (tertiary/aromatic N) is 2. The molecule has 1 aliphatic heterocycles. The average Bonchev–Trinajstić information content (AvgIpc) is 2.75. The lowest BCUT2D eigenvalue weighted by Crippen LogP contribution is -2.44. The predicted octanol–water partition coefficient (Wildman–Crippen LogP) is 5.30. The standard InChI is InChI=1S/C25H32F3N3O2/c1-16(2)19-7-6-17(3)23(14-19)33-18(4)24(32)29-22-9-8-20(15-21(22)25(26,27)28)31-12-10-30(5)11-13-31/h6-9,14-16,18H,10-13H2,1-5H3,(H,29,32). The minimum Gasteiger partial charge on any atom is -0.481 e. The van der Waals surface area contributed by atoms with Crippen molar-refractivity contribution in [1.82, 2.24) is 4.90 Å². The third-order valence-corrected chi connectivity index (χ3v) is 5.99. The molecule has 0 aromatic heterocycles. The van der Waals surface area contributed by atoms with Crippen LogP contribution in [0.1, 0.15) is 43.4 Å². The van der Waals surface area contributed by atoms with Gasteiger partial charge in [-0.3, -0.25) is 4.79 Å². The Morgan fingerprint density at radius 1 is 1.03 bits per heavy atom. The van der Waals surface area contributed by atoms with E-state index in [1.165, 1.54) is 13.0 Å². The highest BCUT2D eigenvalue weighted by atomic mass is 19.4. The summed E-state index contributed by atoms with van der Waals surface area (Å²) in [7, 11) is 1.99. The Morgan fingerprint density at radius 2 is 1.70 bits per heavy atom. The zero-order valence-electron chi connectivity index (χ0n) is 19.8. The first-order valence-corrected chi connectivity index (χ1v) is 11.2. The fourth-order valence-electron chi connectivity index (χ4n) is 3.72. The van der Waals surface area contributed by atoms with Crippen molar-refractivity contribution in [3.05, 3.63) is 53.1 Å². The van der Waals surface area contributed by atoms with E-state index in [1.54, 1.807) is 6.07 Å². The smallest absolute Gasteiger partial charge is 0.418 e. The monoisotopic (exact) mass is 463 g/mol. The molecule has 1 unspecified atom stereocenters. The van der Waals surface area contributed by atoms with Crippen LogP contribution < -0.4 is 15.0 Å². The molecule has 5 nitrogen and oxygen atoms in total. The number of nitrogens with one attached hydrogen (secondary N) is 1. The summed E-state index contributed by atoms with van der Waals surface area (Å²) in [5.41, 5.74) is 1.28. The normalized spacial score (nSPS) is 16.1. The second-order valence-electron chi connectivity index (χ2n) is 8.95. The van der Waals surface area contributed by atoms with E-state index in [0.717, 1.165) is 30.3 Å². The number of piperazine rings is 1. The first kappa shape index (κ1) is 24.9. The van der Waals surface area contributed by atoms with E-state index >= 15 is 0 Å². The van der Waals surface area contributed by atoms with Gasteiger partial charge in [0.25, 0.3) is 5.91 Å². The summed E-state index contributed by atoms with van der Waals surface area (Å²) in [4.78, 5) is 16.8. The molecule has 2 aromatic carbocycles. The maximum Gasteiger partial charge on any atom is 0.418 e. The summed E-state index contributed by atoms with van der Waals surface area (Å²) >= 11 is 0. The molecule has 0 aliphatic carbocycles. The van der Waals surface area contributed by atoms with Crippen molar-refractivity contribution < 1.29 is 22.7 Å². The van der Waals surface area contributed by atoms with Gasteiger partial charge in [-0.25, -0.2) is 0 Å². The van der Waals surface area contributed by atoms with Crippen LogP contribution in [-0.2, 0) is 11.0 Å². The number of carbonyl (C=O) groups excluding carboxylic acids is 1. The third kappa shape index (κ3) is 6.19. The minimum absolute atomic E-state index is 0.270. The lowest BCUT2D eigenvalue weighted by atomic mass is 10.0. The Kier molecular flexibility index (Phi) is 7.57. The van der Waals surface area contributed by atoms with Crippen molar-refractivity contribution in [2.45, 2.75) is 45.9 Å². The SMILES string of the molecule is Cc1ccc(C(C)C)cc1OC(C)C(=O)Nc1ccc(N2CCN(C)CC2)cc1C(F)(F)F. The van der Waals surface area contributed by atoms with Gasteiger partial charge in [-0.15, -0.1) is 0 Å². The summed E-state index contributed by atoms with van der Waals surface area (Å²) in [6.07, 6.45) is -5.57. The van der Waals surface area contributed by atoms with Gasteiger partial charge in [0, 0.05) is 31.9 Å². The van der Waals surface area contributed by atoms with Crippen molar-refractivity contribution >= 4 is 17.3 Å². The molecule has 1 fully saturated rings. The zero-order chi connectivity index (χ0) is 24.3. The Labute approximate surface area is 193 Å². The van der Waals surface area contributed by atoms with Gasteiger partial charge >= 0.3 is 6.18 Å². The highest BCUT2D eigenvalue weighted by Crippen LogP contribution is 2.37. The molecule has 0 radical (unpaired) electrons. The van der Waals surface area contributed by atoms with Crippen LogP contribution >= 0.6 is 0 Å². The number of ether oxygens (including phenoxy) is 1. The number of alkyl halides is 3. The second kappa shape index (κ2) is 10.0. The van der Waals surface area contributed by atoms with Gasteiger partial charge in [0.2, 0.25) is 0 Å². The number of benzene rings is 2. The maximum absolute atomic E-state index is 13.8. The van der Waals surface area contributed by atoms with Crippen LogP contribution in [-0.4, -0.2) is 50.1 Å². The predicted molar refractivity (Wildman–Crippen MR) is 125 cm³/mol. The van der Waals surface area contributed by atoms with Crippen LogP contribution in [0, 0.1) is 6.92 Å². The molecule has 1 heterocycles. The number of rotatable bonds is 6. The largest absolute Gasteiger partial charge is 0.481 e. The van der Waals surface area contributed by atoms with E-state index in [0.29, 0.717) is 24.5 Å². The van der Waals surface area contributed by atoms with Gasteiger partial charge in [-0.1, -0.05) is 26.0 Å². The average molecular weight is 464 g/mol. The van der Waals surface area contributed by atoms with Crippen molar-refractivity contribution in [2.75, 3.05) is 43.4 Å². The van der Waals surface area contributed by atoms with Crippen molar-refractivity contribution in [3.63, 3.8) is 0 Å². The molecule has 0 saturated carbocycles. The van der Waals surface area contributed by atoms with Crippen LogP contribution in [0.5, 0.6) is 5.75 Å². The third-order valence-electron chi connectivity index (χ3n) is 5.99. The number of aryl methyl sites for hydroxylation is 1. The van der Waals surface area contributed by atoms with Crippen molar-refractivity contribution in [1.29, 1.82) is 0 Å². The molecule has 3 rings (SSSR count). The number of hydrogen-bond donors (Lipinski definition) is 1. The summed E-state index contributed by atoms with van der Waals surface area (Å²) < 4.78 is 47.3. The Balaban J connectivity index is 1.77. The molecule has 1 N–H and O–H groups in total. The topological polar surface area (TPSA) is 44.8 Å². The van der Waals surface area contributed by atoms with Gasteiger partial charge in [0.1, 0.15) is 5.75 Å². The summed E-state index contributed by atoms with van der Waals surface area (Å²) in [6.45, 7) is 10.4. The zero-order valence-corrected chi connectivity index (χ0v) is 19.8. The Hall–Kier alpha value is -2.74. The summed E-state index contributed by atoms with van der Waals surface area (Å²) in [6, 6.07) is 9.84. The quantitative estimate of drug-likeness (QED) is 0.632. The second-order valence-corrected chi connectivity index (χ2v) is 8.95. The van der Waals surface area contributed by atoms with Crippen molar-refractivity contribution in [2.24, 2.45) is 0 Å². The molecule has 1 aliphatic rings. The number of amides is 1. The first-order valence-electron chi connectivity index (χ1n) is 11.2. The Morgan fingerprint density at radius 3 is 2.30 bits per heavy atom. The molecule has 1 atom stereocenters. The fraction of sp³-hybridized carbons (Fsp3) is 0.480. The van der Waals surface area contributed by atoms with Gasteiger partial charge in [0.05, 0.1) is 11.3 Å². The molecule has 1 saturated heterocycles. The molecular weight excluding hydrogens is 431 g/mol. The van der Waals surface area contributed by atoms with Gasteiger partial charge in [0.15, 0.2) is 6.10 Å². The Bertz CT molecular complexity index is 983. The highest BCUT2D eigenvalue weighted by molar-refractivity contribution is 5.95. The number of likely N-dealkylation sites (N-methyl/N-ethyl adjacent to an activating group) is 1. The molecule has 0 bridgehead atoms. The number of halogens is 3. The van der Waals surface area contributed by atoms with Gasteiger partial charge < -0.3 is 19.9 Å². The van der Waals surface area contributed by atoms with Crippen LogP contribution in [0.3, 0.4) is 0 Å². The molecule has 180 valence electrons. The van der Waals surface area contributed by atoms with Crippen molar-refractivity contribution in [3.8, 4) is 5.75 Å². The lowest BCUT2D eigenvalue weighted by Gasteiger charge is -2.34. The minimum atomic E-state index is -4.60. The van der Waals surface area contributed by atoms with E-state index < -0.39 is 23.8 Å². The summed E-state index contributed by atoms with van der Waals surface area (Å²) in [5.74, 6) is 0.192. The summed E-state index contributed by atoms with van der Waals surface area (Å²) in [5, 5.41) is 2.42. The van der Waals surface area contributed by atoms with Crippen LogP contribution in [0.15, 0.2) is 36.4 Å². The van der Waals surface area contributed by atoms with E-state index in [4.69, 9.17) is 4.74 Å². The fourth-order valence-corrected chi connectivity index (χ4v) is 3.72. The van der Waals surface area contributed by atoms with E-state index in [2.05, 4.69) is 24.1 Å². The molecule has 1 amide bonds. The number of anilines is 2. The first-order chi connectivity index (χ1) is 15.5. The van der Waals surface area contributed by atoms with Crippen LogP contribution in [0.25, 0.3) is 0 Å². The molecule has 0 spiro atoms. The lowest BCUT2D eigenvalue weighted by molar-refractivity contribution is -0.137. The van der Waals surface area contributed by atoms with E-state index in [-0.39, 0.29) is 11.6 Å². The van der Waals surface area contributed by atoms with Crippen LogP contribution in [0.2, 0.25) is 0 Å². The molecule has 33 heavy (non-hydrogen) atoms. The van der Waals surface area contributed by atoms with E-state index in [1.807, 2.05) is 37.1 Å². The molecule has 8 heteroatoms. The number of carbonyl (C=O) groups is 1. The number of hydrogen-bond acceptors (Lipinski definition) is 4. The molecule has 2 aromatic rings. The van der Waals surface area contributed by atoms with Gasteiger partial charge in [-0.2, -0.15) is 13.2 Å². The molecular formula is C25H32F3N3O2. The van der Waals surface area contributed by atoms with E-state index in [9.17, 15) is 18.0 Å².